The van der Waals surface area contributed by atoms with Crippen molar-refractivity contribution >= 4 is 10.0 Å². The molecule has 0 unspecified atom stereocenters. The van der Waals surface area contributed by atoms with Gasteiger partial charge in [0.1, 0.15) is 0 Å². The lowest BCUT2D eigenvalue weighted by Gasteiger charge is -2.04. The predicted molar refractivity (Wildman–Crippen MR) is 51.9 cm³/mol. The molecular formula is C9H13NO2S. The molecular weight excluding hydrogens is 186 g/mol. The van der Waals surface area contributed by atoms with Gasteiger partial charge in [0.2, 0.25) is 10.0 Å². The topological polar surface area (TPSA) is 60.2 Å². The van der Waals surface area contributed by atoms with E-state index in [-0.39, 0.29) is 4.90 Å². The van der Waals surface area contributed by atoms with E-state index in [9.17, 15) is 8.42 Å². The van der Waals surface area contributed by atoms with E-state index in [1.165, 1.54) is 6.07 Å². The van der Waals surface area contributed by atoms with Gasteiger partial charge in [-0.05, 0) is 36.6 Å². The lowest BCUT2D eigenvalue weighted by molar-refractivity contribution is 0.597. The van der Waals surface area contributed by atoms with Crippen molar-refractivity contribution in [1.82, 2.24) is 0 Å². The fourth-order valence-corrected chi connectivity index (χ4v) is 1.77. The number of benzene rings is 1. The molecule has 1 aromatic carbocycles. The molecule has 0 aliphatic rings. The number of rotatable bonds is 2. The highest BCUT2D eigenvalue weighted by Crippen LogP contribution is 2.14. The Morgan fingerprint density at radius 1 is 1.38 bits per heavy atom. The van der Waals surface area contributed by atoms with Gasteiger partial charge in [0.05, 0.1) is 4.90 Å². The Morgan fingerprint density at radius 3 is 2.46 bits per heavy atom. The Morgan fingerprint density at radius 2 is 2.00 bits per heavy atom. The predicted octanol–water partition coefficient (Wildman–Crippen LogP) is 1.20. The van der Waals surface area contributed by atoms with Crippen LogP contribution in [-0.4, -0.2) is 8.42 Å². The van der Waals surface area contributed by atoms with Crippen LogP contribution in [0.5, 0.6) is 0 Å². The second kappa shape index (κ2) is 3.47. The summed E-state index contributed by atoms with van der Waals surface area (Å²) in [5.41, 5.74) is 2.11. The van der Waals surface area contributed by atoms with Crippen LogP contribution in [0.25, 0.3) is 0 Å². The Labute approximate surface area is 78.6 Å². The molecule has 0 heterocycles. The summed E-state index contributed by atoms with van der Waals surface area (Å²) in [6.07, 6.45) is 0.815. The number of nitrogens with two attached hydrogens (primary N) is 1. The highest BCUT2D eigenvalue weighted by molar-refractivity contribution is 7.89. The molecule has 1 rings (SSSR count). The highest BCUT2D eigenvalue weighted by Gasteiger charge is 2.08. The molecule has 0 aliphatic heterocycles. The van der Waals surface area contributed by atoms with Gasteiger partial charge in [-0.15, -0.1) is 0 Å². The second-order valence-corrected chi connectivity index (χ2v) is 4.55. The van der Waals surface area contributed by atoms with Crippen molar-refractivity contribution < 1.29 is 8.42 Å². The van der Waals surface area contributed by atoms with E-state index < -0.39 is 10.0 Å². The van der Waals surface area contributed by atoms with Crippen LogP contribution in [0.2, 0.25) is 0 Å². The standard InChI is InChI=1S/C9H13NO2S/c1-3-8-6-9(13(10,11)12)5-4-7(8)2/h4-6H,3H2,1-2H3,(H2,10,11,12). The summed E-state index contributed by atoms with van der Waals surface area (Å²) >= 11 is 0. The van der Waals surface area contributed by atoms with E-state index in [0.29, 0.717) is 0 Å². The first-order valence-corrected chi connectivity index (χ1v) is 5.62. The molecule has 1 aromatic rings. The lowest BCUT2D eigenvalue weighted by atomic mass is 10.1. The molecule has 0 saturated heterocycles. The van der Waals surface area contributed by atoms with E-state index >= 15 is 0 Å². The van der Waals surface area contributed by atoms with Crippen molar-refractivity contribution in [2.24, 2.45) is 5.14 Å². The van der Waals surface area contributed by atoms with Gasteiger partial charge in [-0.3, -0.25) is 0 Å². The number of hydrogen-bond donors (Lipinski definition) is 1. The van der Waals surface area contributed by atoms with Crippen molar-refractivity contribution in [3.63, 3.8) is 0 Å². The summed E-state index contributed by atoms with van der Waals surface area (Å²) in [5, 5.41) is 5.00. The van der Waals surface area contributed by atoms with Crippen LogP contribution in [0.4, 0.5) is 0 Å². The summed E-state index contributed by atoms with van der Waals surface area (Å²) in [7, 11) is -3.55. The third-order valence-electron chi connectivity index (χ3n) is 2.03. The van der Waals surface area contributed by atoms with Crippen molar-refractivity contribution in [3.8, 4) is 0 Å². The van der Waals surface area contributed by atoms with E-state index in [4.69, 9.17) is 5.14 Å². The summed E-state index contributed by atoms with van der Waals surface area (Å²) in [4.78, 5) is 0.190. The first kappa shape index (κ1) is 10.2. The summed E-state index contributed by atoms with van der Waals surface area (Å²) in [5.74, 6) is 0. The molecule has 0 fully saturated rings. The maximum atomic E-state index is 11.0. The fraction of sp³-hybridized carbons (Fsp3) is 0.333. The van der Waals surface area contributed by atoms with Gasteiger partial charge in [0, 0.05) is 0 Å². The maximum Gasteiger partial charge on any atom is 0.238 e. The molecule has 72 valence electrons. The molecule has 4 heteroatoms. The fourth-order valence-electron chi connectivity index (χ4n) is 1.21. The minimum atomic E-state index is -3.55. The molecule has 0 saturated carbocycles. The van der Waals surface area contributed by atoms with Crippen LogP contribution >= 0.6 is 0 Å². The van der Waals surface area contributed by atoms with Crippen molar-refractivity contribution in [2.45, 2.75) is 25.2 Å². The van der Waals surface area contributed by atoms with Gasteiger partial charge in [-0.1, -0.05) is 13.0 Å². The Hall–Kier alpha value is -0.870. The zero-order chi connectivity index (χ0) is 10.1. The molecule has 0 amide bonds. The molecule has 0 bridgehead atoms. The quantitative estimate of drug-likeness (QED) is 0.778. The monoisotopic (exact) mass is 199 g/mol. The molecule has 0 radical (unpaired) electrons. The first-order chi connectivity index (χ1) is 5.95. The van der Waals surface area contributed by atoms with Gasteiger partial charge in [0.15, 0.2) is 0 Å². The van der Waals surface area contributed by atoms with Crippen molar-refractivity contribution in [2.75, 3.05) is 0 Å². The molecule has 0 spiro atoms. The van der Waals surface area contributed by atoms with Crippen LogP contribution in [0, 0.1) is 6.92 Å². The molecule has 13 heavy (non-hydrogen) atoms. The van der Waals surface area contributed by atoms with Gasteiger partial charge in [0.25, 0.3) is 0 Å². The molecule has 0 atom stereocenters. The summed E-state index contributed by atoms with van der Waals surface area (Å²) in [6, 6.07) is 4.94. The minimum absolute atomic E-state index is 0.190. The van der Waals surface area contributed by atoms with Crippen LogP contribution in [0.15, 0.2) is 23.1 Å². The van der Waals surface area contributed by atoms with E-state index in [2.05, 4.69) is 0 Å². The first-order valence-electron chi connectivity index (χ1n) is 4.07. The third-order valence-corrected chi connectivity index (χ3v) is 2.94. The minimum Gasteiger partial charge on any atom is -0.225 e. The lowest BCUT2D eigenvalue weighted by Crippen LogP contribution is -2.12. The maximum absolute atomic E-state index is 11.0. The van der Waals surface area contributed by atoms with E-state index in [1.807, 2.05) is 13.8 Å². The molecule has 2 N–H and O–H groups in total. The third kappa shape index (κ3) is 2.29. The molecule has 0 aromatic heterocycles. The van der Waals surface area contributed by atoms with Gasteiger partial charge < -0.3 is 0 Å². The highest BCUT2D eigenvalue weighted by atomic mass is 32.2. The second-order valence-electron chi connectivity index (χ2n) is 2.99. The zero-order valence-electron chi connectivity index (χ0n) is 7.74. The Kier molecular flexibility index (Phi) is 2.73. The van der Waals surface area contributed by atoms with Crippen LogP contribution < -0.4 is 5.14 Å². The van der Waals surface area contributed by atoms with Crippen LogP contribution in [-0.2, 0) is 16.4 Å². The normalized spacial score (nSPS) is 11.6. The Bertz CT molecular complexity index is 410. The average molecular weight is 199 g/mol. The van der Waals surface area contributed by atoms with Crippen LogP contribution in [0.1, 0.15) is 18.1 Å². The average Bonchev–Trinajstić information content (AvgIpc) is 2.03. The van der Waals surface area contributed by atoms with Crippen molar-refractivity contribution in [3.05, 3.63) is 29.3 Å². The largest absolute Gasteiger partial charge is 0.238 e. The molecule has 3 nitrogen and oxygen atoms in total. The summed E-state index contributed by atoms with van der Waals surface area (Å²) < 4.78 is 22.0. The van der Waals surface area contributed by atoms with Crippen molar-refractivity contribution in [1.29, 1.82) is 0 Å². The van der Waals surface area contributed by atoms with Crippen LogP contribution in [0.3, 0.4) is 0 Å². The molecule has 0 aliphatic carbocycles. The SMILES string of the molecule is CCc1cc(S(N)(=O)=O)ccc1C. The van der Waals surface area contributed by atoms with Gasteiger partial charge >= 0.3 is 0 Å². The number of aryl methyl sites for hydroxylation is 2. The zero-order valence-corrected chi connectivity index (χ0v) is 8.56. The van der Waals surface area contributed by atoms with Gasteiger partial charge in [-0.2, -0.15) is 0 Å². The number of sulfonamides is 1. The van der Waals surface area contributed by atoms with Gasteiger partial charge in [-0.25, -0.2) is 13.6 Å². The Balaban J connectivity index is 3.30. The summed E-state index contributed by atoms with van der Waals surface area (Å²) in [6.45, 7) is 3.93. The van der Waals surface area contributed by atoms with E-state index in [0.717, 1.165) is 17.5 Å². The number of hydrogen-bond acceptors (Lipinski definition) is 2. The van der Waals surface area contributed by atoms with E-state index in [1.54, 1.807) is 12.1 Å². The smallest absolute Gasteiger partial charge is 0.225 e. The number of primary sulfonamides is 1.